The highest BCUT2D eigenvalue weighted by Gasteiger charge is 2.68. The number of fused-ring (bicyclic) bond motifs is 5. The van der Waals surface area contributed by atoms with Gasteiger partial charge in [0.2, 0.25) is 0 Å². The van der Waals surface area contributed by atoms with Crippen molar-refractivity contribution in [3.05, 3.63) is 0 Å². The molecule has 2 N–H and O–H groups in total. The Hall–Kier alpha value is -0.240. The quantitative estimate of drug-likeness (QED) is 0.622. The molecular weight excluding hydrogens is 436 g/mol. The van der Waals surface area contributed by atoms with Crippen molar-refractivity contribution in [3.63, 3.8) is 0 Å². The van der Waals surface area contributed by atoms with Gasteiger partial charge in [0, 0.05) is 69.9 Å². The van der Waals surface area contributed by atoms with Gasteiger partial charge in [-0.15, -0.1) is 0 Å². The molecule has 0 aromatic heterocycles. The molecule has 6 aliphatic rings. The van der Waals surface area contributed by atoms with E-state index in [2.05, 4.69) is 47.5 Å². The predicted molar refractivity (Wildman–Crippen MR) is 140 cm³/mol. The minimum absolute atomic E-state index is 0.0143. The molecule has 200 valence electrons. The molecule has 0 bridgehead atoms. The highest BCUT2D eigenvalue weighted by molar-refractivity contribution is 5.19. The average Bonchev–Trinajstić information content (AvgIpc) is 3.11. The van der Waals surface area contributed by atoms with E-state index in [1.807, 2.05) is 0 Å². The van der Waals surface area contributed by atoms with Crippen LogP contribution in [0.2, 0.25) is 0 Å². The van der Waals surface area contributed by atoms with Gasteiger partial charge in [-0.2, -0.15) is 0 Å². The zero-order valence-corrected chi connectivity index (χ0v) is 23.0. The Kier molecular flexibility index (Phi) is 6.38. The number of rotatable bonds is 2. The Bertz CT molecular complexity index is 781. The summed E-state index contributed by atoms with van der Waals surface area (Å²) in [5.41, 5.74) is -0.507. The van der Waals surface area contributed by atoms with E-state index >= 15 is 0 Å². The fourth-order valence-electron chi connectivity index (χ4n) is 10.4. The maximum absolute atomic E-state index is 12.6. The molecular formula is C29H52N4O2. The summed E-state index contributed by atoms with van der Waals surface area (Å²) in [6.07, 6.45) is 9.04. The number of hydrogen-bond donors (Lipinski definition) is 2. The molecule has 6 heteroatoms. The van der Waals surface area contributed by atoms with E-state index in [0.29, 0.717) is 23.8 Å². The summed E-state index contributed by atoms with van der Waals surface area (Å²) >= 11 is 0. The normalized spacial score (nSPS) is 52.6. The molecule has 6 fully saturated rings. The molecule has 0 unspecified atom stereocenters. The van der Waals surface area contributed by atoms with Crippen molar-refractivity contribution in [3.8, 4) is 0 Å². The second kappa shape index (κ2) is 8.91. The monoisotopic (exact) mass is 488 g/mol. The Morgan fingerprint density at radius 3 is 1.97 bits per heavy atom. The average molecular weight is 489 g/mol. The van der Waals surface area contributed by atoms with Crippen molar-refractivity contribution in [2.75, 3.05) is 66.5 Å². The molecule has 4 saturated carbocycles. The molecule has 35 heavy (non-hydrogen) atoms. The summed E-state index contributed by atoms with van der Waals surface area (Å²) in [6, 6.07) is 0.601. The molecule has 0 spiro atoms. The van der Waals surface area contributed by atoms with Crippen molar-refractivity contribution >= 4 is 0 Å². The Labute approximate surface area is 214 Å². The maximum atomic E-state index is 12.6. The number of piperazine rings is 2. The zero-order valence-electron chi connectivity index (χ0n) is 23.0. The molecule has 0 amide bonds. The summed E-state index contributed by atoms with van der Waals surface area (Å²) in [5, 5.41) is 24.4. The van der Waals surface area contributed by atoms with Crippen LogP contribution in [0.1, 0.15) is 65.2 Å². The minimum Gasteiger partial charge on any atom is -0.391 e. The minimum atomic E-state index is -0.551. The van der Waals surface area contributed by atoms with Crippen LogP contribution in [0.5, 0.6) is 0 Å². The highest BCUT2D eigenvalue weighted by atomic mass is 16.3. The summed E-state index contributed by atoms with van der Waals surface area (Å²) in [6.45, 7) is 13.7. The zero-order chi connectivity index (χ0) is 24.6. The first-order valence-electron chi connectivity index (χ1n) is 14.9. The molecule has 6 rings (SSSR count). The number of nitrogens with zero attached hydrogens (tertiary/aromatic N) is 4. The summed E-state index contributed by atoms with van der Waals surface area (Å²) < 4.78 is 0. The molecule has 6 nitrogen and oxygen atoms in total. The lowest BCUT2D eigenvalue weighted by atomic mass is 9.42. The fourth-order valence-corrected chi connectivity index (χ4v) is 10.4. The molecule has 0 radical (unpaired) electrons. The van der Waals surface area contributed by atoms with Crippen molar-refractivity contribution in [1.29, 1.82) is 0 Å². The maximum Gasteiger partial charge on any atom is 0.0858 e. The van der Waals surface area contributed by atoms with E-state index in [1.54, 1.807) is 0 Å². The molecule has 2 heterocycles. The van der Waals surface area contributed by atoms with Gasteiger partial charge in [0.25, 0.3) is 0 Å². The number of aliphatic hydroxyl groups excluding tert-OH is 1. The molecule has 4 aliphatic carbocycles. The standard InChI is InChI=1S/C29H52N4O2/c1-27-10-7-22-21(23(27)20-24(26(27)34)32-15-11-30(3)12-16-32)19-25(33-17-13-31(4)14-18-33)29(35)9-6-5-8-28(22,29)2/h21-26,34-35H,5-20H2,1-4H3/t21-,22+,23+,24+,25-,26+,27+,28-,29+/m1/s1. The Morgan fingerprint density at radius 2 is 1.31 bits per heavy atom. The van der Waals surface area contributed by atoms with Crippen LogP contribution in [0.4, 0.5) is 0 Å². The van der Waals surface area contributed by atoms with E-state index in [0.717, 1.165) is 78.0 Å². The van der Waals surface area contributed by atoms with Gasteiger partial charge in [-0.1, -0.05) is 26.7 Å². The number of likely N-dealkylation sites (N-methyl/N-ethyl adjacent to an activating group) is 2. The van der Waals surface area contributed by atoms with Gasteiger partial charge in [0.1, 0.15) is 0 Å². The summed E-state index contributed by atoms with van der Waals surface area (Å²) in [4.78, 5) is 10.2. The van der Waals surface area contributed by atoms with E-state index in [1.165, 1.54) is 25.7 Å². The van der Waals surface area contributed by atoms with Gasteiger partial charge in [-0.25, -0.2) is 0 Å². The SMILES string of the molecule is CN1CCN([C@H]2C[C@H]3[C@@H]4C[C@@H](N5CCN(C)CC5)[C@@]5(O)CCCC[C@]5(C)[C@H]4CC[C@]3(C)[C@H]2O)CC1. The Morgan fingerprint density at radius 1 is 0.714 bits per heavy atom. The van der Waals surface area contributed by atoms with Crippen molar-refractivity contribution < 1.29 is 10.2 Å². The van der Waals surface area contributed by atoms with Gasteiger partial charge in [0.15, 0.2) is 0 Å². The van der Waals surface area contributed by atoms with Crippen molar-refractivity contribution in [1.82, 2.24) is 19.6 Å². The molecule has 9 atom stereocenters. The molecule has 2 aliphatic heterocycles. The van der Waals surface area contributed by atoms with E-state index in [-0.39, 0.29) is 23.0 Å². The topological polar surface area (TPSA) is 53.4 Å². The second-order valence-electron chi connectivity index (χ2n) is 14.1. The lowest BCUT2D eigenvalue weighted by Gasteiger charge is -2.67. The molecule has 2 saturated heterocycles. The summed E-state index contributed by atoms with van der Waals surface area (Å²) in [5.74, 6) is 1.82. The van der Waals surface area contributed by atoms with E-state index in [4.69, 9.17) is 0 Å². The lowest BCUT2D eigenvalue weighted by Crippen LogP contribution is -2.71. The van der Waals surface area contributed by atoms with Gasteiger partial charge in [-0.3, -0.25) is 9.80 Å². The van der Waals surface area contributed by atoms with Crippen molar-refractivity contribution in [2.24, 2.45) is 28.6 Å². The lowest BCUT2D eigenvalue weighted by molar-refractivity contribution is -0.241. The van der Waals surface area contributed by atoms with Crippen LogP contribution in [0, 0.1) is 28.6 Å². The number of aliphatic hydroxyl groups is 2. The van der Waals surface area contributed by atoms with Gasteiger partial charge >= 0.3 is 0 Å². The second-order valence-corrected chi connectivity index (χ2v) is 14.1. The van der Waals surface area contributed by atoms with E-state index in [9.17, 15) is 10.2 Å². The van der Waals surface area contributed by atoms with Crippen LogP contribution < -0.4 is 0 Å². The molecule has 0 aromatic rings. The van der Waals surface area contributed by atoms with E-state index < -0.39 is 5.60 Å². The number of hydrogen-bond acceptors (Lipinski definition) is 6. The molecule has 0 aromatic carbocycles. The van der Waals surface area contributed by atoms with Crippen molar-refractivity contribution in [2.45, 2.75) is 89.0 Å². The van der Waals surface area contributed by atoms with Crippen LogP contribution in [0.15, 0.2) is 0 Å². The fraction of sp³-hybridized carbons (Fsp3) is 1.00. The van der Waals surface area contributed by atoms with Crippen LogP contribution in [0.25, 0.3) is 0 Å². The van der Waals surface area contributed by atoms with Gasteiger partial charge in [-0.05, 0) is 75.8 Å². The third-order valence-corrected chi connectivity index (χ3v) is 12.8. The summed E-state index contributed by atoms with van der Waals surface area (Å²) in [7, 11) is 4.46. The highest BCUT2D eigenvalue weighted by Crippen LogP contribution is 2.68. The van der Waals surface area contributed by atoms with Crippen LogP contribution in [0.3, 0.4) is 0 Å². The third-order valence-electron chi connectivity index (χ3n) is 12.8. The largest absolute Gasteiger partial charge is 0.391 e. The van der Waals surface area contributed by atoms with Gasteiger partial charge < -0.3 is 20.0 Å². The van der Waals surface area contributed by atoms with Crippen LogP contribution in [-0.2, 0) is 0 Å². The first kappa shape index (κ1) is 25.1. The third kappa shape index (κ3) is 3.71. The Balaban J connectivity index is 1.31. The van der Waals surface area contributed by atoms with Crippen LogP contribution >= 0.6 is 0 Å². The predicted octanol–water partition coefficient (Wildman–Crippen LogP) is 2.35. The smallest absolute Gasteiger partial charge is 0.0858 e. The van der Waals surface area contributed by atoms with Gasteiger partial charge in [0.05, 0.1) is 11.7 Å². The van der Waals surface area contributed by atoms with Crippen LogP contribution in [-0.4, -0.2) is 120 Å². The first-order valence-corrected chi connectivity index (χ1v) is 14.9. The first-order chi connectivity index (χ1) is 16.7.